The molecule has 8 heteroatoms. The summed E-state index contributed by atoms with van der Waals surface area (Å²) in [4.78, 5) is 20.3. The van der Waals surface area contributed by atoms with Crippen molar-refractivity contribution in [2.75, 3.05) is 33.3 Å². The van der Waals surface area contributed by atoms with E-state index in [9.17, 15) is 4.79 Å². The number of nitrogens with two attached hydrogens (primary N) is 1. The zero-order chi connectivity index (χ0) is 19.3. The molecule has 1 heterocycles. The smallest absolute Gasteiger partial charge is 0.410 e. The fraction of sp³-hybridized carbons (Fsp3) is 0.556. The quantitative estimate of drug-likeness (QED) is 0.593. The molecule has 0 atom stereocenters. The summed E-state index contributed by atoms with van der Waals surface area (Å²) < 4.78 is 11.5. The summed E-state index contributed by atoms with van der Waals surface area (Å²) in [6.07, 6.45) is -0.282. The molecule has 1 aromatic rings. The van der Waals surface area contributed by atoms with Gasteiger partial charge in [0.15, 0.2) is 5.96 Å². The molecule has 0 aromatic heterocycles. The molecule has 0 aliphatic carbocycles. The van der Waals surface area contributed by atoms with Crippen LogP contribution in [0.2, 0.25) is 0 Å². The van der Waals surface area contributed by atoms with Gasteiger partial charge in [-0.25, -0.2) is 9.79 Å². The number of guanidine groups is 1. The Balaban J connectivity index is 1.87. The standard InChI is InChI=1S/C18H27BrN4O3/c1-18(2,3)26-17(24)23-9-7-22(8-10-23)16(20)21-12-13-5-6-15(25-4)14(19)11-13/h5-6,11H,7-10,12H2,1-4H3,(H2,20,21). The lowest BCUT2D eigenvalue weighted by Crippen LogP contribution is -2.53. The Morgan fingerprint density at radius 2 is 1.85 bits per heavy atom. The highest BCUT2D eigenvalue weighted by Crippen LogP contribution is 2.25. The zero-order valence-corrected chi connectivity index (χ0v) is 17.4. The van der Waals surface area contributed by atoms with Crippen molar-refractivity contribution in [3.63, 3.8) is 0 Å². The first-order chi connectivity index (χ1) is 12.2. The molecule has 1 amide bonds. The number of carbonyl (C=O) groups is 1. The van der Waals surface area contributed by atoms with Crippen molar-refractivity contribution in [3.05, 3.63) is 28.2 Å². The number of hydrogen-bond donors (Lipinski definition) is 1. The van der Waals surface area contributed by atoms with E-state index in [0.29, 0.717) is 38.7 Å². The van der Waals surface area contributed by atoms with Gasteiger partial charge in [0.25, 0.3) is 0 Å². The van der Waals surface area contributed by atoms with Crippen LogP contribution in [-0.4, -0.2) is 60.7 Å². The highest BCUT2D eigenvalue weighted by atomic mass is 79.9. The zero-order valence-electron chi connectivity index (χ0n) is 15.8. The van der Waals surface area contributed by atoms with Gasteiger partial charge in [0.1, 0.15) is 11.4 Å². The van der Waals surface area contributed by atoms with Crippen LogP contribution in [0.4, 0.5) is 4.79 Å². The summed E-state index contributed by atoms with van der Waals surface area (Å²) in [6, 6.07) is 5.82. The van der Waals surface area contributed by atoms with Crippen molar-refractivity contribution < 1.29 is 14.3 Å². The molecule has 0 spiro atoms. The second kappa shape index (κ2) is 8.62. The van der Waals surface area contributed by atoms with Gasteiger partial charge >= 0.3 is 6.09 Å². The van der Waals surface area contributed by atoms with Crippen molar-refractivity contribution in [3.8, 4) is 5.75 Å². The summed E-state index contributed by atoms with van der Waals surface area (Å²) in [5.41, 5.74) is 6.67. The molecular weight excluding hydrogens is 400 g/mol. The molecule has 1 saturated heterocycles. The van der Waals surface area contributed by atoms with Crippen LogP contribution in [-0.2, 0) is 11.3 Å². The number of nitrogens with zero attached hydrogens (tertiary/aromatic N) is 3. The molecule has 0 saturated carbocycles. The van der Waals surface area contributed by atoms with E-state index in [1.165, 1.54) is 0 Å². The van der Waals surface area contributed by atoms with E-state index in [2.05, 4.69) is 20.9 Å². The molecule has 0 unspecified atom stereocenters. The van der Waals surface area contributed by atoms with Gasteiger partial charge in [0.2, 0.25) is 0 Å². The molecule has 1 aliphatic rings. The number of ether oxygens (including phenoxy) is 2. The normalized spacial score (nSPS) is 15.8. The molecule has 0 radical (unpaired) electrons. The summed E-state index contributed by atoms with van der Waals surface area (Å²) in [6.45, 7) is 8.50. The Morgan fingerprint density at radius 3 is 2.38 bits per heavy atom. The Bertz CT molecular complexity index is 665. The van der Waals surface area contributed by atoms with E-state index in [0.717, 1.165) is 15.8 Å². The molecule has 1 fully saturated rings. The molecule has 2 N–H and O–H groups in total. The molecular formula is C18H27BrN4O3. The number of rotatable bonds is 3. The van der Waals surface area contributed by atoms with E-state index in [1.807, 2.05) is 43.9 Å². The van der Waals surface area contributed by atoms with Gasteiger partial charge in [-0.3, -0.25) is 0 Å². The molecule has 7 nitrogen and oxygen atoms in total. The summed E-state index contributed by atoms with van der Waals surface area (Å²) >= 11 is 3.47. The lowest BCUT2D eigenvalue weighted by molar-refractivity contribution is 0.0186. The molecule has 1 aliphatic heterocycles. The van der Waals surface area contributed by atoms with E-state index >= 15 is 0 Å². The highest BCUT2D eigenvalue weighted by Gasteiger charge is 2.26. The lowest BCUT2D eigenvalue weighted by Gasteiger charge is -2.36. The average molecular weight is 427 g/mol. The van der Waals surface area contributed by atoms with Crippen LogP contribution in [0, 0.1) is 0 Å². The third-order valence-corrected chi connectivity index (χ3v) is 4.51. The average Bonchev–Trinajstić information content (AvgIpc) is 2.58. The van der Waals surface area contributed by atoms with Crippen LogP contribution in [0.25, 0.3) is 0 Å². The van der Waals surface area contributed by atoms with Gasteiger partial charge in [0, 0.05) is 26.2 Å². The lowest BCUT2D eigenvalue weighted by atomic mass is 10.2. The van der Waals surface area contributed by atoms with Crippen LogP contribution in [0.5, 0.6) is 5.75 Å². The number of amides is 1. The molecule has 0 bridgehead atoms. The number of aliphatic imine (C=N–C) groups is 1. The van der Waals surface area contributed by atoms with Crippen molar-refractivity contribution in [1.82, 2.24) is 9.80 Å². The monoisotopic (exact) mass is 426 g/mol. The van der Waals surface area contributed by atoms with Crippen LogP contribution >= 0.6 is 15.9 Å². The third kappa shape index (κ3) is 5.79. The number of carbonyl (C=O) groups excluding carboxylic acids is 1. The Labute approximate surface area is 163 Å². The maximum absolute atomic E-state index is 12.1. The summed E-state index contributed by atoms with van der Waals surface area (Å²) in [5.74, 6) is 1.27. The minimum Gasteiger partial charge on any atom is -0.496 e. The first-order valence-electron chi connectivity index (χ1n) is 8.55. The second-order valence-electron chi connectivity index (χ2n) is 7.10. The topological polar surface area (TPSA) is 80.4 Å². The molecule has 1 aromatic carbocycles. The highest BCUT2D eigenvalue weighted by molar-refractivity contribution is 9.10. The predicted molar refractivity (Wildman–Crippen MR) is 105 cm³/mol. The predicted octanol–water partition coefficient (Wildman–Crippen LogP) is 2.83. The Hall–Kier alpha value is -1.96. The van der Waals surface area contributed by atoms with Gasteiger partial charge in [-0.2, -0.15) is 0 Å². The molecule has 2 rings (SSSR count). The fourth-order valence-electron chi connectivity index (χ4n) is 2.53. The number of methoxy groups -OCH3 is 1. The van der Waals surface area contributed by atoms with E-state index in [1.54, 1.807) is 12.0 Å². The van der Waals surface area contributed by atoms with Crippen LogP contribution in [0.15, 0.2) is 27.7 Å². The van der Waals surface area contributed by atoms with Gasteiger partial charge < -0.3 is 25.0 Å². The van der Waals surface area contributed by atoms with Crippen LogP contribution in [0.1, 0.15) is 26.3 Å². The van der Waals surface area contributed by atoms with Crippen molar-refractivity contribution in [1.29, 1.82) is 0 Å². The number of benzene rings is 1. The van der Waals surface area contributed by atoms with Gasteiger partial charge in [-0.1, -0.05) is 6.07 Å². The maximum Gasteiger partial charge on any atom is 0.410 e. The Morgan fingerprint density at radius 1 is 1.23 bits per heavy atom. The summed E-state index contributed by atoms with van der Waals surface area (Å²) in [5, 5.41) is 0. The number of hydrogen-bond acceptors (Lipinski definition) is 4. The third-order valence-electron chi connectivity index (χ3n) is 3.90. The van der Waals surface area contributed by atoms with Crippen molar-refractivity contribution >= 4 is 28.0 Å². The van der Waals surface area contributed by atoms with Crippen molar-refractivity contribution in [2.24, 2.45) is 10.7 Å². The maximum atomic E-state index is 12.1. The molecule has 26 heavy (non-hydrogen) atoms. The van der Waals surface area contributed by atoms with E-state index in [4.69, 9.17) is 15.2 Å². The summed E-state index contributed by atoms with van der Waals surface area (Å²) in [7, 11) is 1.63. The number of piperazine rings is 1. The van der Waals surface area contributed by atoms with Gasteiger partial charge in [0.05, 0.1) is 18.1 Å². The minimum atomic E-state index is -0.485. The van der Waals surface area contributed by atoms with E-state index in [-0.39, 0.29) is 6.09 Å². The van der Waals surface area contributed by atoms with E-state index < -0.39 is 5.60 Å². The van der Waals surface area contributed by atoms with Crippen LogP contribution < -0.4 is 10.5 Å². The second-order valence-corrected chi connectivity index (χ2v) is 7.95. The first-order valence-corrected chi connectivity index (χ1v) is 9.34. The number of halogens is 1. The fourth-order valence-corrected chi connectivity index (χ4v) is 3.11. The van der Waals surface area contributed by atoms with Gasteiger partial charge in [-0.15, -0.1) is 0 Å². The van der Waals surface area contributed by atoms with Crippen LogP contribution in [0.3, 0.4) is 0 Å². The largest absolute Gasteiger partial charge is 0.496 e. The molecule has 144 valence electrons. The van der Waals surface area contributed by atoms with Crippen molar-refractivity contribution in [2.45, 2.75) is 32.9 Å². The Kier molecular flexibility index (Phi) is 6.75. The first kappa shape index (κ1) is 20.4. The minimum absolute atomic E-state index is 0.282. The SMILES string of the molecule is COc1ccc(CN=C(N)N2CCN(C(=O)OC(C)(C)C)CC2)cc1Br. The van der Waals surface area contributed by atoms with Gasteiger partial charge in [-0.05, 0) is 54.4 Å².